The van der Waals surface area contributed by atoms with Gasteiger partial charge in [0.2, 0.25) is 0 Å². The number of aliphatic hydroxyl groups excluding tert-OH is 1. The van der Waals surface area contributed by atoms with Crippen LogP contribution in [0, 0.1) is 22.7 Å². The molecule has 8 nitrogen and oxygen atoms in total. The second-order valence-electron chi connectivity index (χ2n) is 5.18. The molecule has 0 saturated heterocycles. The van der Waals surface area contributed by atoms with E-state index in [0.29, 0.717) is 23.7 Å². The number of anilines is 1. The van der Waals surface area contributed by atoms with Crippen LogP contribution in [0.2, 0.25) is 0 Å². The van der Waals surface area contributed by atoms with Crippen molar-refractivity contribution in [2.24, 2.45) is 0 Å². The van der Waals surface area contributed by atoms with E-state index >= 15 is 0 Å². The molecule has 1 aromatic carbocycles. The van der Waals surface area contributed by atoms with E-state index in [9.17, 15) is 10.5 Å². The normalized spacial score (nSPS) is 10.9. The molecule has 2 aromatic rings. The second-order valence-corrected chi connectivity index (χ2v) is 5.18. The molecule has 0 spiro atoms. The summed E-state index contributed by atoms with van der Waals surface area (Å²) in [5, 5.41) is 32.1. The summed E-state index contributed by atoms with van der Waals surface area (Å²) in [4.78, 5) is 0. The molecule has 1 heterocycles. The standard InChI is InChI=1S/C18H19N5O3/c1-3-26-15-5-4-12(9-16(15)25-2)8-13(10-19)17-14(11-20)18(21)23(22-17)6-7-24/h4-5,8-9,24H,3,6-7,21H2,1-2H3/b13-8+. The third-order valence-corrected chi connectivity index (χ3v) is 3.59. The summed E-state index contributed by atoms with van der Waals surface area (Å²) >= 11 is 0. The largest absolute Gasteiger partial charge is 0.493 e. The Balaban J connectivity index is 2.51. The van der Waals surface area contributed by atoms with E-state index in [0.717, 1.165) is 0 Å². The van der Waals surface area contributed by atoms with Crippen LogP contribution in [0.25, 0.3) is 11.6 Å². The molecule has 26 heavy (non-hydrogen) atoms. The number of allylic oxidation sites excluding steroid dienone is 1. The molecule has 3 N–H and O–H groups in total. The number of hydrogen-bond donors (Lipinski definition) is 2. The van der Waals surface area contributed by atoms with Crippen molar-refractivity contribution in [3.63, 3.8) is 0 Å². The van der Waals surface area contributed by atoms with Gasteiger partial charge in [0, 0.05) is 0 Å². The van der Waals surface area contributed by atoms with Crippen LogP contribution in [-0.4, -0.2) is 35.2 Å². The van der Waals surface area contributed by atoms with Crippen LogP contribution in [0.1, 0.15) is 23.7 Å². The molecule has 0 saturated carbocycles. The number of methoxy groups -OCH3 is 1. The van der Waals surface area contributed by atoms with Crippen LogP contribution < -0.4 is 15.2 Å². The smallest absolute Gasteiger partial charge is 0.161 e. The molecule has 0 fully saturated rings. The Bertz CT molecular complexity index is 903. The van der Waals surface area contributed by atoms with Gasteiger partial charge in [0.1, 0.15) is 29.2 Å². The summed E-state index contributed by atoms with van der Waals surface area (Å²) in [6, 6.07) is 9.25. The molecule has 0 amide bonds. The van der Waals surface area contributed by atoms with Crippen molar-refractivity contribution in [2.45, 2.75) is 13.5 Å². The van der Waals surface area contributed by atoms with E-state index in [4.69, 9.17) is 20.3 Å². The third-order valence-electron chi connectivity index (χ3n) is 3.59. The minimum absolute atomic E-state index is 0.101. The highest BCUT2D eigenvalue weighted by atomic mass is 16.5. The number of nitriles is 2. The maximum Gasteiger partial charge on any atom is 0.161 e. The molecule has 1 aromatic heterocycles. The van der Waals surface area contributed by atoms with Gasteiger partial charge in [0.15, 0.2) is 11.5 Å². The molecule has 0 aliphatic rings. The van der Waals surface area contributed by atoms with Crippen LogP contribution in [0.4, 0.5) is 5.82 Å². The highest BCUT2D eigenvalue weighted by molar-refractivity contribution is 5.91. The van der Waals surface area contributed by atoms with Gasteiger partial charge in [-0.2, -0.15) is 15.6 Å². The van der Waals surface area contributed by atoms with Gasteiger partial charge in [0.25, 0.3) is 0 Å². The van der Waals surface area contributed by atoms with Gasteiger partial charge in [-0.15, -0.1) is 0 Å². The van der Waals surface area contributed by atoms with Crippen molar-refractivity contribution in [1.29, 1.82) is 10.5 Å². The first-order valence-electron chi connectivity index (χ1n) is 7.89. The Morgan fingerprint density at radius 2 is 2.15 bits per heavy atom. The Morgan fingerprint density at radius 3 is 2.73 bits per heavy atom. The van der Waals surface area contributed by atoms with Crippen LogP contribution in [-0.2, 0) is 6.54 Å². The number of rotatable bonds is 7. The van der Waals surface area contributed by atoms with Crippen molar-refractivity contribution in [1.82, 2.24) is 9.78 Å². The summed E-state index contributed by atoms with van der Waals surface area (Å²) in [7, 11) is 1.53. The van der Waals surface area contributed by atoms with E-state index in [1.807, 2.05) is 19.1 Å². The molecular weight excluding hydrogens is 334 g/mol. The summed E-state index contributed by atoms with van der Waals surface area (Å²) in [5.41, 5.74) is 7.01. The average molecular weight is 353 g/mol. The molecule has 0 atom stereocenters. The van der Waals surface area contributed by atoms with Crippen molar-refractivity contribution < 1.29 is 14.6 Å². The fourth-order valence-corrected chi connectivity index (χ4v) is 2.41. The average Bonchev–Trinajstić information content (AvgIpc) is 2.96. The van der Waals surface area contributed by atoms with Gasteiger partial charge in [-0.3, -0.25) is 0 Å². The number of aliphatic hydroxyl groups is 1. The number of hydrogen-bond acceptors (Lipinski definition) is 7. The predicted octanol–water partition coefficient (Wildman–Crippen LogP) is 1.80. The topological polar surface area (TPSA) is 130 Å². The molecule has 0 aliphatic carbocycles. The lowest BCUT2D eigenvalue weighted by atomic mass is 10.1. The van der Waals surface area contributed by atoms with Crippen LogP contribution >= 0.6 is 0 Å². The van der Waals surface area contributed by atoms with Crippen molar-refractivity contribution >= 4 is 17.5 Å². The van der Waals surface area contributed by atoms with E-state index in [1.165, 1.54) is 11.8 Å². The number of benzene rings is 1. The molecule has 0 radical (unpaired) electrons. The summed E-state index contributed by atoms with van der Waals surface area (Å²) < 4.78 is 12.1. The molecule has 0 bridgehead atoms. The third kappa shape index (κ3) is 3.77. The first-order chi connectivity index (χ1) is 12.6. The maximum absolute atomic E-state index is 9.53. The Labute approximate surface area is 151 Å². The number of nitrogen functional groups attached to an aromatic ring is 1. The molecule has 0 unspecified atom stereocenters. The van der Waals surface area contributed by atoms with Crippen molar-refractivity contribution in [2.75, 3.05) is 26.1 Å². The predicted molar refractivity (Wildman–Crippen MR) is 96.1 cm³/mol. The lowest BCUT2D eigenvalue weighted by Gasteiger charge is -2.09. The fourth-order valence-electron chi connectivity index (χ4n) is 2.41. The second kappa shape index (κ2) is 8.56. The van der Waals surface area contributed by atoms with E-state index in [-0.39, 0.29) is 35.8 Å². The lowest BCUT2D eigenvalue weighted by molar-refractivity contribution is 0.270. The first kappa shape index (κ1) is 18.8. The van der Waals surface area contributed by atoms with Gasteiger partial charge in [-0.1, -0.05) is 6.07 Å². The van der Waals surface area contributed by atoms with Gasteiger partial charge in [-0.05, 0) is 30.7 Å². The summed E-state index contributed by atoms with van der Waals surface area (Å²) in [6.07, 6.45) is 1.59. The van der Waals surface area contributed by atoms with Crippen molar-refractivity contribution in [3.8, 4) is 23.6 Å². The van der Waals surface area contributed by atoms with E-state index in [2.05, 4.69) is 5.10 Å². The zero-order valence-corrected chi connectivity index (χ0v) is 14.6. The summed E-state index contributed by atoms with van der Waals surface area (Å²) in [5.74, 6) is 1.24. The van der Waals surface area contributed by atoms with Gasteiger partial charge in [0.05, 0.1) is 32.4 Å². The van der Waals surface area contributed by atoms with Gasteiger partial charge >= 0.3 is 0 Å². The number of nitrogens with zero attached hydrogens (tertiary/aromatic N) is 4. The number of nitrogens with two attached hydrogens (primary N) is 1. The maximum atomic E-state index is 9.53. The van der Waals surface area contributed by atoms with Gasteiger partial charge in [-0.25, -0.2) is 4.68 Å². The van der Waals surface area contributed by atoms with E-state index < -0.39 is 0 Å². The van der Waals surface area contributed by atoms with Crippen molar-refractivity contribution in [3.05, 3.63) is 35.0 Å². The fraction of sp³-hybridized carbons (Fsp3) is 0.278. The van der Waals surface area contributed by atoms with Crippen LogP contribution in [0.5, 0.6) is 11.5 Å². The molecule has 2 rings (SSSR count). The minimum Gasteiger partial charge on any atom is -0.493 e. The zero-order chi connectivity index (χ0) is 19.1. The van der Waals surface area contributed by atoms with Crippen LogP contribution in [0.3, 0.4) is 0 Å². The Morgan fingerprint density at radius 1 is 1.38 bits per heavy atom. The van der Waals surface area contributed by atoms with E-state index in [1.54, 1.807) is 24.3 Å². The highest BCUT2D eigenvalue weighted by Crippen LogP contribution is 2.30. The monoisotopic (exact) mass is 353 g/mol. The molecule has 8 heteroatoms. The quantitative estimate of drug-likeness (QED) is 0.726. The first-order valence-corrected chi connectivity index (χ1v) is 7.89. The number of aromatic nitrogens is 2. The lowest BCUT2D eigenvalue weighted by Crippen LogP contribution is -2.07. The van der Waals surface area contributed by atoms with Gasteiger partial charge < -0.3 is 20.3 Å². The van der Waals surface area contributed by atoms with Crippen LogP contribution in [0.15, 0.2) is 18.2 Å². The zero-order valence-electron chi connectivity index (χ0n) is 14.6. The Hall–Kier alpha value is -3.49. The summed E-state index contributed by atoms with van der Waals surface area (Å²) in [6.45, 7) is 2.33. The molecule has 134 valence electrons. The molecular formula is C18H19N5O3. The SMILES string of the molecule is CCOc1ccc(/C=C(\C#N)c2nn(CCO)c(N)c2C#N)cc1OC. The highest BCUT2D eigenvalue weighted by Gasteiger charge is 2.19. The number of ether oxygens (including phenoxy) is 2. The molecule has 0 aliphatic heterocycles. The Kier molecular flexibility index (Phi) is 6.20. The minimum atomic E-state index is -0.183.